The number of aromatic nitrogens is 4. The van der Waals surface area contributed by atoms with Gasteiger partial charge >= 0.3 is 0 Å². The van der Waals surface area contributed by atoms with Gasteiger partial charge < -0.3 is 5.73 Å². The van der Waals surface area contributed by atoms with Gasteiger partial charge in [0, 0.05) is 18.0 Å². The number of hydrogen-bond acceptors (Lipinski definition) is 5. The van der Waals surface area contributed by atoms with Crippen LogP contribution in [-0.4, -0.2) is 19.1 Å². The Morgan fingerprint density at radius 3 is 3.00 bits per heavy atom. The first-order valence-electron chi connectivity index (χ1n) is 3.92. The molecule has 2 aromatic rings. The zero-order chi connectivity index (χ0) is 9.26. The summed E-state index contributed by atoms with van der Waals surface area (Å²) in [7, 11) is 0. The largest absolute Gasteiger partial charge is 0.396 e. The molecule has 0 bridgehead atoms. The van der Waals surface area contributed by atoms with Crippen LogP contribution in [0.2, 0.25) is 0 Å². The van der Waals surface area contributed by atoms with Gasteiger partial charge in [0.15, 0.2) is 0 Å². The van der Waals surface area contributed by atoms with Crippen LogP contribution in [0.5, 0.6) is 0 Å². The monoisotopic (exact) mass is 195 g/mol. The summed E-state index contributed by atoms with van der Waals surface area (Å²) in [5.74, 6) is 0.842. The molecular weight excluding hydrogens is 186 g/mol. The van der Waals surface area contributed by atoms with Gasteiger partial charge in [-0.2, -0.15) is 9.47 Å². The molecule has 2 rings (SSSR count). The Hall–Kier alpha value is -1.43. The summed E-state index contributed by atoms with van der Waals surface area (Å²) >= 11 is 1.32. The molecule has 0 unspecified atom stereocenters. The molecule has 0 saturated heterocycles. The summed E-state index contributed by atoms with van der Waals surface area (Å²) in [5.41, 5.74) is 6.16. The van der Waals surface area contributed by atoms with Gasteiger partial charge in [0.25, 0.3) is 0 Å². The van der Waals surface area contributed by atoms with Gasteiger partial charge in [-0.25, -0.2) is 9.67 Å². The Labute approximate surface area is 79.4 Å². The second kappa shape index (κ2) is 3.14. The van der Waals surface area contributed by atoms with Crippen molar-refractivity contribution >= 4 is 17.2 Å². The molecular formula is C7H9N5S. The number of nitrogens with zero attached hydrogens (tertiary/aromatic N) is 4. The number of rotatable bonds is 2. The first-order valence-corrected chi connectivity index (χ1v) is 4.70. The number of hydrogen-bond donors (Lipinski definition) is 1. The van der Waals surface area contributed by atoms with Crippen molar-refractivity contribution in [1.82, 2.24) is 19.1 Å². The summed E-state index contributed by atoms with van der Waals surface area (Å²) in [5, 5.41) is 4.79. The summed E-state index contributed by atoms with van der Waals surface area (Å²) < 4.78 is 5.78. The van der Waals surface area contributed by atoms with Gasteiger partial charge in [0.05, 0.1) is 18.1 Å². The van der Waals surface area contributed by atoms with Crippen LogP contribution in [0.25, 0.3) is 5.13 Å². The molecule has 2 N–H and O–H groups in total. The van der Waals surface area contributed by atoms with E-state index in [1.165, 1.54) is 11.5 Å². The second-order valence-electron chi connectivity index (χ2n) is 2.56. The standard InChI is InChI=1S/C7H9N5S/c1-2-6-10-7(13-11-6)12-4-5(8)3-9-12/h3-4H,2,8H2,1H3. The lowest BCUT2D eigenvalue weighted by Crippen LogP contribution is -1.93. The second-order valence-corrected chi connectivity index (χ2v) is 3.30. The van der Waals surface area contributed by atoms with Crippen LogP contribution in [0.15, 0.2) is 12.4 Å². The molecule has 0 amide bonds. The average Bonchev–Trinajstić information content (AvgIpc) is 2.71. The summed E-state index contributed by atoms with van der Waals surface area (Å²) in [6.07, 6.45) is 4.15. The van der Waals surface area contributed by atoms with Crippen molar-refractivity contribution in [3.8, 4) is 5.13 Å². The highest BCUT2D eigenvalue weighted by atomic mass is 32.1. The number of nitrogens with two attached hydrogens (primary N) is 1. The topological polar surface area (TPSA) is 69.6 Å². The summed E-state index contributed by atoms with van der Waals surface area (Å²) in [6.45, 7) is 2.02. The molecule has 5 nitrogen and oxygen atoms in total. The van der Waals surface area contributed by atoms with E-state index in [2.05, 4.69) is 14.5 Å². The highest BCUT2D eigenvalue weighted by Gasteiger charge is 2.04. The van der Waals surface area contributed by atoms with Crippen LogP contribution in [0, 0.1) is 0 Å². The maximum atomic E-state index is 5.53. The van der Waals surface area contributed by atoms with E-state index in [4.69, 9.17) is 5.73 Å². The number of anilines is 1. The van der Waals surface area contributed by atoms with Gasteiger partial charge in [-0.3, -0.25) is 0 Å². The van der Waals surface area contributed by atoms with Crippen molar-refractivity contribution in [3.63, 3.8) is 0 Å². The van der Waals surface area contributed by atoms with Crippen LogP contribution >= 0.6 is 11.5 Å². The minimum Gasteiger partial charge on any atom is -0.396 e. The van der Waals surface area contributed by atoms with E-state index in [9.17, 15) is 0 Å². The molecule has 2 heterocycles. The molecule has 0 fully saturated rings. The molecule has 68 valence electrons. The lowest BCUT2D eigenvalue weighted by Gasteiger charge is -1.89. The third kappa shape index (κ3) is 1.52. The molecule has 6 heteroatoms. The average molecular weight is 195 g/mol. The smallest absolute Gasteiger partial charge is 0.230 e. The molecule has 0 radical (unpaired) electrons. The predicted molar refractivity (Wildman–Crippen MR) is 50.8 cm³/mol. The van der Waals surface area contributed by atoms with Gasteiger partial charge in [0.2, 0.25) is 5.13 Å². The Bertz CT molecular complexity index is 404. The van der Waals surface area contributed by atoms with Crippen LogP contribution in [0.3, 0.4) is 0 Å². The predicted octanol–water partition coefficient (Wildman–Crippen LogP) is 0.868. The Balaban J connectivity index is 2.35. The third-order valence-corrected chi connectivity index (χ3v) is 2.32. The first kappa shape index (κ1) is 8.18. The Morgan fingerprint density at radius 1 is 1.62 bits per heavy atom. The highest BCUT2D eigenvalue weighted by Crippen LogP contribution is 2.11. The van der Waals surface area contributed by atoms with Crippen molar-refractivity contribution in [2.75, 3.05) is 5.73 Å². The minimum absolute atomic E-state index is 0.633. The summed E-state index contributed by atoms with van der Waals surface area (Å²) in [6, 6.07) is 0. The summed E-state index contributed by atoms with van der Waals surface area (Å²) in [4.78, 5) is 4.26. The van der Waals surface area contributed by atoms with E-state index in [1.807, 2.05) is 6.92 Å². The Kier molecular flexibility index (Phi) is 1.97. The lowest BCUT2D eigenvalue weighted by atomic mass is 10.5. The molecule has 0 aliphatic carbocycles. The van der Waals surface area contributed by atoms with Crippen molar-refractivity contribution < 1.29 is 0 Å². The molecule has 0 aromatic carbocycles. The fourth-order valence-electron chi connectivity index (χ4n) is 0.923. The Morgan fingerprint density at radius 2 is 2.46 bits per heavy atom. The van der Waals surface area contributed by atoms with E-state index < -0.39 is 0 Å². The van der Waals surface area contributed by atoms with Crippen molar-refractivity contribution in [1.29, 1.82) is 0 Å². The van der Waals surface area contributed by atoms with Crippen LogP contribution in [-0.2, 0) is 6.42 Å². The molecule has 2 aromatic heterocycles. The van der Waals surface area contributed by atoms with E-state index in [0.29, 0.717) is 5.69 Å². The van der Waals surface area contributed by atoms with Crippen molar-refractivity contribution in [2.45, 2.75) is 13.3 Å². The molecule has 0 aliphatic heterocycles. The zero-order valence-electron chi connectivity index (χ0n) is 7.14. The molecule has 0 atom stereocenters. The quantitative estimate of drug-likeness (QED) is 0.771. The van der Waals surface area contributed by atoms with E-state index in [-0.39, 0.29) is 0 Å². The zero-order valence-corrected chi connectivity index (χ0v) is 7.95. The SMILES string of the molecule is CCc1nsc(-n2cc(N)cn2)n1. The molecule has 0 spiro atoms. The third-order valence-electron chi connectivity index (χ3n) is 1.57. The lowest BCUT2D eigenvalue weighted by molar-refractivity contribution is 0.855. The van der Waals surface area contributed by atoms with Crippen LogP contribution in [0.1, 0.15) is 12.7 Å². The van der Waals surface area contributed by atoms with Gasteiger partial charge in [-0.1, -0.05) is 6.92 Å². The minimum atomic E-state index is 0.633. The van der Waals surface area contributed by atoms with Gasteiger partial charge in [-0.15, -0.1) is 0 Å². The van der Waals surface area contributed by atoms with Gasteiger partial charge in [0.1, 0.15) is 5.82 Å². The number of nitrogen functional groups attached to an aromatic ring is 1. The maximum absolute atomic E-state index is 5.53. The van der Waals surface area contributed by atoms with E-state index in [1.54, 1.807) is 17.1 Å². The van der Waals surface area contributed by atoms with E-state index in [0.717, 1.165) is 17.4 Å². The molecule has 13 heavy (non-hydrogen) atoms. The molecule has 0 aliphatic rings. The molecule has 0 saturated carbocycles. The number of aryl methyl sites for hydroxylation is 1. The highest BCUT2D eigenvalue weighted by molar-refractivity contribution is 7.08. The normalized spacial score (nSPS) is 10.5. The fourth-order valence-corrected chi connectivity index (χ4v) is 1.61. The van der Waals surface area contributed by atoms with Crippen LogP contribution < -0.4 is 5.73 Å². The first-order chi connectivity index (χ1) is 6.29. The van der Waals surface area contributed by atoms with E-state index >= 15 is 0 Å². The van der Waals surface area contributed by atoms with Crippen molar-refractivity contribution in [3.05, 3.63) is 18.2 Å². The maximum Gasteiger partial charge on any atom is 0.230 e. The fraction of sp³-hybridized carbons (Fsp3) is 0.286. The van der Waals surface area contributed by atoms with Crippen molar-refractivity contribution in [2.24, 2.45) is 0 Å². The van der Waals surface area contributed by atoms with Gasteiger partial charge in [-0.05, 0) is 0 Å². The van der Waals surface area contributed by atoms with Crippen LogP contribution in [0.4, 0.5) is 5.69 Å².